The van der Waals surface area contributed by atoms with Gasteiger partial charge in [0.1, 0.15) is 17.4 Å². The Morgan fingerprint density at radius 2 is 1.65 bits per heavy atom. The highest BCUT2D eigenvalue weighted by Crippen LogP contribution is 2.23. The molecular formula is C13H11F2NO3S. The maximum Gasteiger partial charge on any atom is 0.267 e. The van der Waals surface area contributed by atoms with Gasteiger partial charge in [-0.2, -0.15) is 0 Å². The van der Waals surface area contributed by atoms with E-state index in [1.165, 1.54) is 19.2 Å². The number of anilines is 1. The molecule has 2 aromatic carbocycles. The molecule has 0 spiro atoms. The van der Waals surface area contributed by atoms with Gasteiger partial charge in [-0.3, -0.25) is 4.72 Å². The standard InChI is InChI=1S/C13H11F2NO3S/c1-19-10-5-2-4-9(8-10)16-20(17,18)13-11(14)6-3-7-12(13)15/h2-8,16H,1H3. The number of methoxy groups -OCH3 is 1. The third kappa shape index (κ3) is 2.88. The van der Waals surface area contributed by atoms with Crippen molar-refractivity contribution in [3.05, 3.63) is 54.1 Å². The van der Waals surface area contributed by atoms with Crippen LogP contribution < -0.4 is 9.46 Å². The lowest BCUT2D eigenvalue weighted by Crippen LogP contribution is -2.16. The summed E-state index contributed by atoms with van der Waals surface area (Å²) in [6.45, 7) is 0. The Hall–Kier alpha value is -2.15. The lowest BCUT2D eigenvalue weighted by molar-refractivity contribution is 0.415. The maximum absolute atomic E-state index is 13.5. The van der Waals surface area contributed by atoms with Crippen LogP contribution in [0.3, 0.4) is 0 Å². The highest BCUT2D eigenvalue weighted by Gasteiger charge is 2.23. The number of ether oxygens (including phenoxy) is 1. The summed E-state index contributed by atoms with van der Waals surface area (Å²) >= 11 is 0. The smallest absolute Gasteiger partial charge is 0.267 e. The van der Waals surface area contributed by atoms with Gasteiger partial charge in [-0.15, -0.1) is 0 Å². The molecule has 4 nitrogen and oxygen atoms in total. The van der Waals surface area contributed by atoms with Crippen molar-refractivity contribution in [3.8, 4) is 5.75 Å². The average molecular weight is 299 g/mol. The summed E-state index contributed by atoms with van der Waals surface area (Å²) in [4.78, 5) is -1.01. The van der Waals surface area contributed by atoms with Gasteiger partial charge in [0.15, 0.2) is 4.90 Å². The van der Waals surface area contributed by atoms with Crippen LogP contribution in [0.4, 0.5) is 14.5 Å². The zero-order valence-corrected chi connectivity index (χ0v) is 11.2. The molecule has 0 aliphatic rings. The number of sulfonamides is 1. The maximum atomic E-state index is 13.5. The number of hydrogen-bond acceptors (Lipinski definition) is 3. The van der Waals surface area contributed by atoms with E-state index in [0.29, 0.717) is 5.75 Å². The summed E-state index contributed by atoms with van der Waals surface area (Å²) in [7, 11) is -2.93. The number of nitrogens with one attached hydrogen (secondary N) is 1. The summed E-state index contributed by atoms with van der Waals surface area (Å²) in [5.74, 6) is -1.89. The van der Waals surface area contributed by atoms with Crippen molar-refractivity contribution < 1.29 is 21.9 Å². The second-order valence-electron chi connectivity index (χ2n) is 3.89. The van der Waals surface area contributed by atoms with Crippen molar-refractivity contribution >= 4 is 15.7 Å². The lowest BCUT2D eigenvalue weighted by Gasteiger charge is -2.10. The Morgan fingerprint density at radius 3 is 2.25 bits per heavy atom. The first-order valence-corrected chi connectivity index (χ1v) is 7.03. The molecule has 2 rings (SSSR count). The largest absolute Gasteiger partial charge is 0.497 e. The molecule has 0 saturated heterocycles. The molecule has 0 aromatic heterocycles. The van der Waals surface area contributed by atoms with Gasteiger partial charge in [-0.1, -0.05) is 12.1 Å². The van der Waals surface area contributed by atoms with E-state index in [2.05, 4.69) is 4.72 Å². The average Bonchev–Trinajstić information content (AvgIpc) is 2.37. The summed E-state index contributed by atoms with van der Waals surface area (Å²) in [5.41, 5.74) is 0.145. The third-order valence-corrected chi connectivity index (χ3v) is 3.94. The summed E-state index contributed by atoms with van der Waals surface area (Å²) in [6.07, 6.45) is 0. The molecule has 0 atom stereocenters. The summed E-state index contributed by atoms with van der Waals surface area (Å²) < 4.78 is 58.1. The molecule has 1 N–H and O–H groups in total. The molecule has 7 heteroatoms. The van der Waals surface area contributed by atoms with Crippen LogP contribution in [0.5, 0.6) is 5.75 Å². The lowest BCUT2D eigenvalue weighted by atomic mass is 10.3. The fourth-order valence-corrected chi connectivity index (χ4v) is 2.82. The SMILES string of the molecule is COc1cccc(NS(=O)(=O)c2c(F)cccc2F)c1. The fourth-order valence-electron chi connectivity index (χ4n) is 1.63. The van der Waals surface area contributed by atoms with Crippen LogP contribution in [0, 0.1) is 11.6 Å². The van der Waals surface area contributed by atoms with Crippen LogP contribution in [-0.2, 0) is 10.0 Å². The number of halogens is 2. The zero-order chi connectivity index (χ0) is 14.8. The molecule has 0 heterocycles. The highest BCUT2D eigenvalue weighted by molar-refractivity contribution is 7.92. The summed E-state index contributed by atoms with van der Waals surface area (Å²) in [5, 5.41) is 0. The minimum absolute atomic E-state index is 0.145. The third-order valence-electron chi connectivity index (χ3n) is 2.51. The summed E-state index contributed by atoms with van der Waals surface area (Å²) in [6, 6.07) is 8.85. The van der Waals surface area contributed by atoms with Crippen molar-refractivity contribution in [2.75, 3.05) is 11.8 Å². The molecule has 0 amide bonds. The van der Waals surface area contributed by atoms with E-state index >= 15 is 0 Å². The number of benzene rings is 2. The molecule has 0 aliphatic carbocycles. The topological polar surface area (TPSA) is 55.4 Å². The van der Waals surface area contributed by atoms with E-state index in [0.717, 1.165) is 18.2 Å². The van der Waals surface area contributed by atoms with Crippen molar-refractivity contribution in [2.24, 2.45) is 0 Å². The Morgan fingerprint density at radius 1 is 1.05 bits per heavy atom. The van der Waals surface area contributed by atoms with Gasteiger partial charge in [-0.25, -0.2) is 17.2 Å². The van der Waals surface area contributed by atoms with Crippen LogP contribution in [-0.4, -0.2) is 15.5 Å². The van der Waals surface area contributed by atoms with Gasteiger partial charge in [0, 0.05) is 6.07 Å². The first-order valence-electron chi connectivity index (χ1n) is 5.55. The second kappa shape index (κ2) is 5.46. The molecular weight excluding hydrogens is 288 g/mol. The molecule has 0 unspecified atom stereocenters. The predicted molar refractivity (Wildman–Crippen MR) is 70.2 cm³/mol. The molecule has 20 heavy (non-hydrogen) atoms. The number of hydrogen-bond donors (Lipinski definition) is 1. The zero-order valence-electron chi connectivity index (χ0n) is 10.4. The van der Waals surface area contributed by atoms with Crippen LogP contribution >= 0.6 is 0 Å². The molecule has 0 aliphatic heterocycles. The molecule has 0 radical (unpaired) electrons. The van der Waals surface area contributed by atoms with Crippen molar-refractivity contribution in [1.29, 1.82) is 0 Å². The van der Waals surface area contributed by atoms with Gasteiger partial charge < -0.3 is 4.74 Å². The van der Waals surface area contributed by atoms with E-state index in [-0.39, 0.29) is 5.69 Å². The van der Waals surface area contributed by atoms with Crippen LogP contribution in [0.2, 0.25) is 0 Å². The quantitative estimate of drug-likeness (QED) is 0.944. The van der Waals surface area contributed by atoms with E-state index < -0.39 is 26.6 Å². The second-order valence-corrected chi connectivity index (χ2v) is 5.51. The van der Waals surface area contributed by atoms with E-state index in [9.17, 15) is 17.2 Å². The first-order chi connectivity index (χ1) is 9.44. The van der Waals surface area contributed by atoms with Gasteiger partial charge in [0.05, 0.1) is 12.8 Å². The molecule has 0 fully saturated rings. The van der Waals surface area contributed by atoms with E-state index in [4.69, 9.17) is 4.74 Å². The predicted octanol–water partition coefficient (Wildman–Crippen LogP) is 2.77. The first kappa shape index (κ1) is 14.3. The normalized spacial score (nSPS) is 11.2. The molecule has 0 bridgehead atoms. The minimum atomic E-state index is -4.36. The molecule has 106 valence electrons. The minimum Gasteiger partial charge on any atom is -0.497 e. The molecule has 2 aromatic rings. The Bertz CT molecular complexity index is 712. The van der Waals surface area contributed by atoms with Gasteiger partial charge in [0.25, 0.3) is 10.0 Å². The Kier molecular flexibility index (Phi) is 3.89. The molecule has 0 saturated carbocycles. The Balaban J connectivity index is 2.41. The van der Waals surface area contributed by atoms with Crippen LogP contribution in [0.1, 0.15) is 0 Å². The monoisotopic (exact) mass is 299 g/mol. The van der Waals surface area contributed by atoms with Crippen molar-refractivity contribution in [1.82, 2.24) is 0 Å². The highest BCUT2D eigenvalue weighted by atomic mass is 32.2. The van der Waals surface area contributed by atoms with Crippen molar-refractivity contribution in [2.45, 2.75) is 4.90 Å². The van der Waals surface area contributed by atoms with E-state index in [1.807, 2.05) is 0 Å². The van der Waals surface area contributed by atoms with Crippen LogP contribution in [0.15, 0.2) is 47.4 Å². The van der Waals surface area contributed by atoms with Crippen molar-refractivity contribution in [3.63, 3.8) is 0 Å². The number of rotatable bonds is 4. The van der Waals surface area contributed by atoms with Gasteiger partial charge >= 0.3 is 0 Å². The van der Waals surface area contributed by atoms with Gasteiger partial charge in [0.2, 0.25) is 0 Å². The Labute approximate surface area is 115 Å². The van der Waals surface area contributed by atoms with E-state index in [1.54, 1.807) is 12.1 Å². The van der Waals surface area contributed by atoms with Gasteiger partial charge in [-0.05, 0) is 24.3 Å². The fraction of sp³-hybridized carbons (Fsp3) is 0.0769. The van der Waals surface area contributed by atoms with Crippen LogP contribution in [0.25, 0.3) is 0 Å².